The van der Waals surface area contributed by atoms with Gasteiger partial charge in [0, 0.05) is 6.54 Å². The molecule has 20 heavy (non-hydrogen) atoms. The minimum Gasteiger partial charge on any atom is -0.484 e. The third-order valence-corrected chi connectivity index (χ3v) is 3.26. The van der Waals surface area contributed by atoms with E-state index in [1.165, 1.54) is 0 Å². The van der Waals surface area contributed by atoms with E-state index < -0.39 is 6.04 Å². The summed E-state index contributed by atoms with van der Waals surface area (Å²) in [5.41, 5.74) is 1.14. The van der Waals surface area contributed by atoms with Crippen LogP contribution in [0, 0.1) is 6.92 Å². The van der Waals surface area contributed by atoms with E-state index in [4.69, 9.17) is 4.74 Å². The molecule has 1 aliphatic heterocycles. The topological polar surface area (TPSA) is 67.4 Å². The number of rotatable bonds is 4. The Balaban J connectivity index is 1.79. The first-order chi connectivity index (χ1) is 9.65. The summed E-state index contributed by atoms with van der Waals surface area (Å²) < 4.78 is 5.39. The number of carbonyl (C=O) groups is 2. The highest BCUT2D eigenvalue weighted by Gasteiger charge is 2.22. The van der Waals surface area contributed by atoms with Gasteiger partial charge < -0.3 is 15.4 Å². The maximum Gasteiger partial charge on any atom is 0.258 e. The van der Waals surface area contributed by atoms with E-state index in [9.17, 15) is 9.59 Å². The van der Waals surface area contributed by atoms with Crippen molar-refractivity contribution in [1.82, 2.24) is 10.6 Å². The molecular formula is C15H20N2O3. The van der Waals surface area contributed by atoms with E-state index in [0.29, 0.717) is 18.7 Å². The monoisotopic (exact) mass is 276 g/mol. The molecule has 1 aliphatic rings. The van der Waals surface area contributed by atoms with Crippen LogP contribution in [-0.2, 0) is 9.59 Å². The summed E-state index contributed by atoms with van der Waals surface area (Å²) in [5.74, 6) is 0.273. The molecule has 1 heterocycles. The second kappa shape index (κ2) is 6.93. The number of aryl methyl sites for hydroxylation is 1. The van der Waals surface area contributed by atoms with Crippen LogP contribution in [0.4, 0.5) is 0 Å². The molecule has 0 bridgehead atoms. The Morgan fingerprint density at radius 2 is 2.10 bits per heavy atom. The number of nitrogens with one attached hydrogen (secondary N) is 2. The molecule has 2 amide bonds. The van der Waals surface area contributed by atoms with Crippen molar-refractivity contribution in [3.63, 3.8) is 0 Å². The van der Waals surface area contributed by atoms with Crippen molar-refractivity contribution >= 4 is 11.8 Å². The second-order valence-corrected chi connectivity index (χ2v) is 5.01. The third kappa shape index (κ3) is 4.26. The number of carbonyl (C=O) groups excluding carboxylic acids is 2. The minimum absolute atomic E-state index is 0.0765. The van der Waals surface area contributed by atoms with Crippen LogP contribution in [0.25, 0.3) is 0 Å². The fraction of sp³-hybridized carbons (Fsp3) is 0.467. The molecule has 0 aromatic heterocycles. The molecule has 0 unspecified atom stereocenters. The lowest BCUT2D eigenvalue weighted by molar-refractivity contribution is -0.129. The van der Waals surface area contributed by atoms with E-state index in [1.807, 2.05) is 31.2 Å². The normalized spacial score (nSPS) is 18.9. The van der Waals surface area contributed by atoms with Crippen molar-refractivity contribution in [3.05, 3.63) is 29.8 Å². The number of hydrogen-bond acceptors (Lipinski definition) is 3. The Morgan fingerprint density at radius 1 is 1.35 bits per heavy atom. The van der Waals surface area contributed by atoms with Gasteiger partial charge in [-0.3, -0.25) is 9.59 Å². The first kappa shape index (κ1) is 14.4. The zero-order valence-corrected chi connectivity index (χ0v) is 11.6. The maximum atomic E-state index is 11.8. The minimum atomic E-state index is -0.438. The molecule has 1 aromatic carbocycles. The highest BCUT2D eigenvalue weighted by atomic mass is 16.5. The van der Waals surface area contributed by atoms with Crippen LogP contribution in [0.1, 0.15) is 24.8 Å². The Hall–Kier alpha value is -2.04. The molecule has 0 saturated carbocycles. The van der Waals surface area contributed by atoms with Gasteiger partial charge in [0.05, 0.1) is 0 Å². The van der Waals surface area contributed by atoms with Crippen molar-refractivity contribution in [2.24, 2.45) is 0 Å². The number of ether oxygens (including phenoxy) is 1. The molecule has 1 atom stereocenters. The van der Waals surface area contributed by atoms with Crippen molar-refractivity contribution in [2.75, 3.05) is 13.2 Å². The summed E-state index contributed by atoms with van der Waals surface area (Å²) in [6.45, 7) is 2.60. The van der Waals surface area contributed by atoms with Crippen LogP contribution in [0.5, 0.6) is 5.75 Å². The van der Waals surface area contributed by atoms with Crippen molar-refractivity contribution in [3.8, 4) is 5.75 Å². The molecule has 1 aromatic rings. The third-order valence-electron chi connectivity index (χ3n) is 3.26. The van der Waals surface area contributed by atoms with Crippen LogP contribution in [-0.4, -0.2) is 31.0 Å². The number of amides is 2. The summed E-state index contributed by atoms with van der Waals surface area (Å²) in [6.07, 6.45) is 2.57. The average Bonchev–Trinajstić information content (AvgIpc) is 2.64. The lowest BCUT2D eigenvalue weighted by Crippen LogP contribution is -2.46. The molecule has 0 spiro atoms. The summed E-state index contributed by atoms with van der Waals surface area (Å²) >= 11 is 0. The van der Waals surface area contributed by atoms with E-state index in [1.54, 1.807) is 0 Å². The fourth-order valence-corrected chi connectivity index (χ4v) is 2.10. The number of hydrogen-bond donors (Lipinski definition) is 2. The maximum absolute atomic E-state index is 11.8. The van der Waals surface area contributed by atoms with E-state index in [-0.39, 0.29) is 18.4 Å². The molecule has 5 heteroatoms. The molecule has 2 rings (SSSR count). The zero-order valence-electron chi connectivity index (χ0n) is 11.6. The van der Waals surface area contributed by atoms with E-state index in [2.05, 4.69) is 10.6 Å². The van der Waals surface area contributed by atoms with Crippen LogP contribution in [0.3, 0.4) is 0 Å². The Bertz CT molecular complexity index is 471. The van der Waals surface area contributed by atoms with Gasteiger partial charge in [-0.15, -0.1) is 0 Å². The SMILES string of the molecule is Cc1ccc(OCC(=O)N[C@H]2CCCCNC2=O)cc1. The average molecular weight is 276 g/mol. The van der Waals surface area contributed by atoms with Gasteiger partial charge >= 0.3 is 0 Å². The van der Waals surface area contributed by atoms with Gasteiger partial charge in [0.2, 0.25) is 5.91 Å². The summed E-state index contributed by atoms with van der Waals surface area (Å²) in [4.78, 5) is 23.5. The van der Waals surface area contributed by atoms with Gasteiger partial charge in [-0.1, -0.05) is 17.7 Å². The van der Waals surface area contributed by atoms with E-state index >= 15 is 0 Å². The van der Waals surface area contributed by atoms with Crippen LogP contribution in [0.2, 0.25) is 0 Å². The van der Waals surface area contributed by atoms with Crippen molar-refractivity contribution in [1.29, 1.82) is 0 Å². The lowest BCUT2D eigenvalue weighted by atomic mass is 10.1. The number of benzene rings is 1. The summed E-state index contributed by atoms with van der Waals surface area (Å²) in [7, 11) is 0. The predicted octanol–water partition coefficient (Wildman–Crippen LogP) is 1.16. The standard InChI is InChI=1S/C15H20N2O3/c1-11-5-7-12(8-6-11)20-10-14(18)17-13-4-2-3-9-16-15(13)19/h5-8,13H,2-4,9-10H2,1H3,(H,16,19)(H,17,18)/t13-/m0/s1. The quantitative estimate of drug-likeness (QED) is 0.867. The molecule has 0 radical (unpaired) electrons. The Morgan fingerprint density at radius 3 is 2.85 bits per heavy atom. The highest BCUT2D eigenvalue weighted by molar-refractivity contribution is 5.88. The van der Waals surface area contributed by atoms with Gasteiger partial charge in [-0.05, 0) is 38.3 Å². The van der Waals surface area contributed by atoms with Gasteiger partial charge in [-0.2, -0.15) is 0 Å². The molecule has 5 nitrogen and oxygen atoms in total. The van der Waals surface area contributed by atoms with Gasteiger partial charge in [-0.25, -0.2) is 0 Å². The van der Waals surface area contributed by atoms with Gasteiger partial charge in [0.1, 0.15) is 11.8 Å². The molecule has 108 valence electrons. The smallest absolute Gasteiger partial charge is 0.258 e. The van der Waals surface area contributed by atoms with Crippen LogP contribution >= 0.6 is 0 Å². The predicted molar refractivity (Wildman–Crippen MR) is 75.5 cm³/mol. The van der Waals surface area contributed by atoms with Gasteiger partial charge in [0.25, 0.3) is 5.91 Å². The Labute approximate surface area is 118 Å². The Kier molecular flexibility index (Phi) is 4.98. The zero-order chi connectivity index (χ0) is 14.4. The lowest BCUT2D eigenvalue weighted by Gasteiger charge is -2.15. The van der Waals surface area contributed by atoms with E-state index in [0.717, 1.165) is 18.4 Å². The highest BCUT2D eigenvalue weighted by Crippen LogP contribution is 2.11. The second-order valence-electron chi connectivity index (χ2n) is 5.01. The molecular weight excluding hydrogens is 256 g/mol. The van der Waals surface area contributed by atoms with Crippen molar-refractivity contribution in [2.45, 2.75) is 32.2 Å². The molecule has 1 fully saturated rings. The van der Waals surface area contributed by atoms with Crippen LogP contribution in [0.15, 0.2) is 24.3 Å². The van der Waals surface area contributed by atoms with Crippen molar-refractivity contribution < 1.29 is 14.3 Å². The first-order valence-electron chi connectivity index (χ1n) is 6.92. The summed E-state index contributed by atoms with van der Waals surface area (Å²) in [5, 5.41) is 5.50. The first-order valence-corrected chi connectivity index (χ1v) is 6.92. The molecule has 0 aliphatic carbocycles. The molecule has 2 N–H and O–H groups in total. The largest absolute Gasteiger partial charge is 0.484 e. The summed E-state index contributed by atoms with van der Waals surface area (Å²) in [6, 6.07) is 7.05. The molecule has 1 saturated heterocycles. The van der Waals surface area contributed by atoms with Gasteiger partial charge in [0.15, 0.2) is 6.61 Å². The fourth-order valence-electron chi connectivity index (χ4n) is 2.10. The van der Waals surface area contributed by atoms with Crippen LogP contribution < -0.4 is 15.4 Å².